The van der Waals surface area contributed by atoms with E-state index in [9.17, 15) is 0 Å². The number of nitrogens with zero attached hydrogens (tertiary/aromatic N) is 3. The third kappa shape index (κ3) is 3.56. The number of nitrogens with two attached hydrogens (primary N) is 1. The number of hydrogen-bond donors (Lipinski definition) is 2. The average Bonchev–Trinajstić information content (AvgIpc) is 2.66. The summed E-state index contributed by atoms with van der Waals surface area (Å²) < 4.78 is 0. The van der Waals surface area contributed by atoms with Gasteiger partial charge in [-0.15, -0.1) is 0 Å². The van der Waals surface area contributed by atoms with Crippen LogP contribution in [-0.4, -0.2) is 36.1 Å². The van der Waals surface area contributed by atoms with E-state index in [0.29, 0.717) is 6.54 Å². The molecule has 1 aliphatic rings. The van der Waals surface area contributed by atoms with Gasteiger partial charge in [-0.05, 0) is 12.8 Å². The van der Waals surface area contributed by atoms with Gasteiger partial charge in [0.2, 0.25) is 0 Å². The molecule has 0 aliphatic carbocycles. The van der Waals surface area contributed by atoms with E-state index in [-0.39, 0.29) is 0 Å². The molecule has 1 fully saturated rings. The molecule has 2 rings (SSSR count). The van der Waals surface area contributed by atoms with Gasteiger partial charge in [0.1, 0.15) is 11.6 Å². The van der Waals surface area contributed by atoms with Gasteiger partial charge in [-0.25, -0.2) is 9.97 Å². The van der Waals surface area contributed by atoms with Crippen molar-refractivity contribution in [2.45, 2.75) is 25.7 Å². The second-order valence-corrected chi connectivity index (χ2v) is 4.38. The van der Waals surface area contributed by atoms with E-state index in [1.54, 1.807) is 6.20 Å². The molecule has 3 N–H and O–H groups in total. The third-order valence-electron chi connectivity index (χ3n) is 3.02. The second-order valence-electron chi connectivity index (χ2n) is 4.38. The van der Waals surface area contributed by atoms with Crippen LogP contribution < -0.4 is 16.0 Å². The first-order chi connectivity index (χ1) is 8.40. The van der Waals surface area contributed by atoms with Gasteiger partial charge < -0.3 is 16.0 Å². The van der Waals surface area contributed by atoms with E-state index in [1.807, 2.05) is 6.20 Å². The Balaban J connectivity index is 1.96. The van der Waals surface area contributed by atoms with Crippen LogP contribution in [0.2, 0.25) is 0 Å². The van der Waals surface area contributed by atoms with Crippen molar-refractivity contribution in [1.29, 1.82) is 0 Å². The summed E-state index contributed by atoms with van der Waals surface area (Å²) in [6, 6.07) is 0. The molecule has 0 bridgehead atoms. The number of aromatic nitrogens is 2. The molecule has 0 atom stereocenters. The minimum atomic E-state index is 0.607. The van der Waals surface area contributed by atoms with Crippen LogP contribution in [0, 0.1) is 0 Å². The van der Waals surface area contributed by atoms with Gasteiger partial charge in [0.05, 0.1) is 12.4 Å². The standard InChI is InChI=1S/C12H21N5/c13-5-6-14-11-9-16-12(10-15-11)17-7-3-1-2-4-8-17/h9-10H,1-8,13H2,(H,14,15). The fourth-order valence-electron chi connectivity index (χ4n) is 2.08. The highest BCUT2D eigenvalue weighted by Crippen LogP contribution is 2.16. The molecule has 0 saturated carbocycles. The van der Waals surface area contributed by atoms with Gasteiger partial charge in [-0.1, -0.05) is 12.8 Å². The molecule has 0 spiro atoms. The summed E-state index contributed by atoms with van der Waals surface area (Å²) in [5, 5.41) is 3.12. The topological polar surface area (TPSA) is 67.1 Å². The van der Waals surface area contributed by atoms with Gasteiger partial charge in [0.25, 0.3) is 0 Å². The summed E-state index contributed by atoms with van der Waals surface area (Å²) >= 11 is 0. The Bertz CT molecular complexity index is 316. The maximum absolute atomic E-state index is 5.42. The second kappa shape index (κ2) is 6.39. The monoisotopic (exact) mass is 235 g/mol. The summed E-state index contributed by atoms with van der Waals surface area (Å²) in [7, 11) is 0. The molecular weight excluding hydrogens is 214 g/mol. The molecule has 1 aliphatic heterocycles. The highest BCUT2D eigenvalue weighted by molar-refractivity contribution is 5.41. The lowest BCUT2D eigenvalue weighted by Crippen LogP contribution is -2.25. The smallest absolute Gasteiger partial charge is 0.147 e. The summed E-state index contributed by atoms with van der Waals surface area (Å²) in [5.74, 6) is 1.79. The molecule has 17 heavy (non-hydrogen) atoms. The normalized spacial score (nSPS) is 16.6. The fraction of sp³-hybridized carbons (Fsp3) is 0.667. The minimum absolute atomic E-state index is 0.607. The van der Waals surface area contributed by atoms with Crippen molar-refractivity contribution in [2.24, 2.45) is 5.73 Å². The SMILES string of the molecule is NCCNc1cnc(N2CCCCCC2)cn1. The first-order valence-electron chi connectivity index (χ1n) is 6.41. The highest BCUT2D eigenvalue weighted by Gasteiger charge is 2.10. The lowest BCUT2D eigenvalue weighted by molar-refractivity contribution is 0.726. The molecule has 2 heterocycles. The molecule has 5 nitrogen and oxygen atoms in total. The predicted octanol–water partition coefficient (Wildman–Crippen LogP) is 1.23. The summed E-state index contributed by atoms with van der Waals surface area (Å²) in [6.45, 7) is 3.54. The molecule has 0 radical (unpaired) electrons. The molecule has 1 aromatic rings. The van der Waals surface area contributed by atoms with Gasteiger partial charge in [0.15, 0.2) is 0 Å². The van der Waals surface area contributed by atoms with E-state index in [2.05, 4.69) is 20.2 Å². The van der Waals surface area contributed by atoms with Crippen LogP contribution >= 0.6 is 0 Å². The summed E-state index contributed by atoms with van der Waals surface area (Å²) in [4.78, 5) is 11.1. The Morgan fingerprint density at radius 2 is 1.88 bits per heavy atom. The maximum Gasteiger partial charge on any atom is 0.147 e. The fourth-order valence-corrected chi connectivity index (χ4v) is 2.08. The minimum Gasteiger partial charge on any atom is -0.368 e. The predicted molar refractivity (Wildman–Crippen MR) is 70.3 cm³/mol. The van der Waals surface area contributed by atoms with E-state index in [1.165, 1.54) is 25.7 Å². The van der Waals surface area contributed by atoms with Crippen molar-refractivity contribution in [3.63, 3.8) is 0 Å². The van der Waals surface area contributed by atoms with Crippen molar-refractivity contribution in [1.82, 2.24) is 9.97 Å². The Kier molecular flexibility index (Phi) is 4.55. The van der Waals surface area contributed by atoms with Crippen LogP contribution in [0.5, 0.6) is 0 Å². The first-order valence-corrected chi connectivity index (χ1v) is 6.41. The van der Waals surface area contributed by atoms with Crippen LogP contribution in [0.25, 0.3) is 0 Å². The number of nitrogens with one attached hydrogen (secondary N) is 1. The van der Waals surface area contributed by atoms with Crippen molar-refractivity contribution >= 4 is 11.6 Å². The third-order valence-corrected chi connectivity index (χ3v) is 3.02. The lowest BCUT2D eigenvalue weighted by Gasteiger charge is -2.20. The summed E-state index contributed by atoms with van der Waals surface area (Å²) in [5.41, 5.74) is 5.42. The molecular formula is C12H21N5. The number of rotatable bonds is 4. The zero-order chi connectivity index (χ0) is 11.9. The van der Waals surface area contributed by atoms with E-state index in [0.717, 1.165) is 31.3 Å². The zero-order valence-electron chi connectivity index (χ0n) is 10.2. The van der Waals surface area contributed by atoms with Crippen molar-refractivity contribution in [3.05, 3.63) is 12.4 Å². The number of anilines is 2. The molecule has 5 heteroatoms. The van der Waals surface area contributed by atoms with Crippen LogP contribution in [0.4, 0.5) is 11.6 Å². The molecule has 94 valence electrons. The van der Waals surface area contributed by atoms with Crippen molar-refractivity contribution < 1.29 is 0 Å². The molecule has 1 saturated heterocycles. The Labute approximate surface area is 102 Å². The quantitative estimate of drug-likeness (QED) is 0.821. The average molecular weight is 235 g/mol. The molecule has 0 unspecified atom stereocenters. The van der Waals surface area contributed by atoms with Crippen LogP contribution in [0.15, 0.2) is 12.4 Å². The van der Waals surface area contributed by atoms with E-state index in [4.69, 9.17) is 5.73 Å². The largest absolute Gasteiger partial charge is 0.368 e. The molecule has 0 aromatic carbocycles. The van der Waals surface area contributed by atoms with Crippen molar-refractivity contribution in [2.75, 3.05) is 36.4 Å². The van der Waals surface area contributed by atoms with Gasteiger partial charge in [-0.2, -0.15) is 0 Å². The molecule has 0 amide bonds. The van der Waals surface area contributed by atoms with Crippen molar-refractivity contribution in [3.8, 4) is 0 Å². The van der Waals surface area contributed by atoms with Gasteiger partial charge >= 0.3 is 0 Å². The first kappa shape index (κ1) is 12.1. The van der Waals surface area contributed by atoms with Gasteiger partial charge in [-0.3, -0.25) is 0 Å². The van der Waals surface area contributed by atoms with E-state index >= 15 is 0 Å². The Morgan fingerprint density at radius 1 is 1.12 bits per heavy atom. The zero-order valence-corrected chi connectivity index (χ0v) is 10.2. The Hall–Kier alpha value is -1.36. The maximum atomic E-state index is 5.42. The van der Waals surface area contributed by atoms with Crippen LogP contribution in [0.3, 0.4) is 0 Å². The van der Waals surface area contributed by atoms with Crippen LogP contribution in [0.1, 0.15) is 25.7 Å². The molecule has 1 aromatic heterocycles. The number of hydrogen-bond acceptors (Lipinski definition) is 5. The lowest BCUT2D eigenvalue weighted by atomic mass is 10.2. The summed E-state index contributed by atoms with van der Waals surface area (Å²) in [6.07, 6.45) is 8.82. The van der Waals surface area contributed by atoms with E-state index < -0.39 is 0 Å². The van der Waals surface area contributed by atoms with Crippen LogP contribution in [-0.2, 0) is 0 Å². The Morgan fingerprint density at radius 3 is 2.47 bits per heavy atom. The van der Waals surface area contributed by atoms with Gasteiger partial charge in [0, 0.05) is 26.2 Å². The highest BCUT2D eigenvalue weighted by atomic mass is 15.2.